The van der Waals surface area contributed by atoms with Crippen LogP contribution < -0.4 is 4.90 Å². The van der Waals surface area contributed by atoms with Crippen LogP contribution in [0.5, 0.6) is 0 Å². The lowest BCUT2D eigenvalue weighted by atomic mass is 9.86. The number of hydrogen-bond donors (Lipinski definition) is 0. The van der Waals surface area contributed by atoms with Gasteiger partial charge in [0.05, 0.1) is 21.4 Å². The molecule has 1 atom stereocenters. The van der Waals surface area contributed by atoms with Crippen LogP contribution in [0, 0.1) is 12.7 Å². The van der Waals surface area contributed by atoms with Crippen LogP contribution in [0.25, 0.3) is 0 Å². The average Bonchev–Trinajstić information content (AvgIpc) is 3.47. The zero-order valence-corrected chi connectivity index (χ0v) is 21.6. The summed E-state index contributed by atoms with van der Waals surface area (Å²) in [5, 5.41) is 6.36. The fourth-order valence-electron chi connectivity index (χ4n) is 4.10. The molecule has 0 radical (unpaired) electrons. The Morgan fingerprint density at radius 2 is 1.83 bits per heavy atom. The molecule has 0 bridgehead atoms. The molecule has 0 N–H and O–H groups in total. The molecule has 1 aliphatic rings. The number of carbonyl (C=O) groups is 1. The SMILES string of the molecule is Cc1cc(C2=NOC(c3cc(Cl)c(F)c(Cl)c3)(C(F)(F)F)C2)ccc1C(=O)N(c1ccsc1)C(C)C. The predicted octanol–water partition coefficient (Wildman–Crippen LogP) is 8.14. The number of nitrogens with zero attached hydrogens (tertiary/aromatic N) is 2. The maximum absolute atomic E-state index is 14.3. The number of benzene rings is 2. The highest BCUT2D eigenvalue weighted by atomic mass is 35.5. The van der Waals surface area contributed by atoms with Crippen LogP contribution in [0.3, 0.4) is 0 Å². The van der Waals surface area contributed by atoms with Crippen LogP contribution in [0.2, 0.25) is 10.0 Å². The monoisotopic (exact) mass is 558 g/mol. The maximum Gasteiger partial charge on any atom is 0.435 e. The number of amides is 1. The third-order valence-corrected chi connectivity index (χ3v) is 7.17. The Labute approximate surface area is 219 Å². The number of rotatable bonds is 5. The predicted molar refractivity (Wildman–Crippen MR) is 134 cm³/mol. The number of aryl methyl sites for hydroxylation is 1. The molecule has 0 aliphatic carbocycles. The number of thiophene rings is 1. The van der Waals surface area contributed by atoms with E-state index in [0.717, 1.165) is 17.8 Å². The molecule has 1 unspecified atom stereocenters. The summed E-state index contributed by atoms with van der Waals surface area (Å²) in [7, 11) is 0. The first kappa shape index (κ1) is 26.4. The molecule has 0 fully saturated rings. The highest BCUT2D eigenvalue weighted by molar-refractivity contribution is 7.08. The van der Waals surface area contributed by atoms with E-state index in [1.54, 1.807) is 24.0 Å². The quantitative estimate of drug-likeness (QED) is 0.234. The van der Waals surface area contributed by atoms with E-state index in [2.05, 4.69) is 5.16 Å². The Balaban J connectivity index is 1.66. The molecular formula is C25H20Cl2F4N2O2S. The van der Waals surface area contributed by atoms with Gasteiger partial charge in [0.1, 0.15) is 0 Å². The van der Waals surface area contributed by atoms with Crippen LogP contribution in [0.1, 0.15) is 47.3 Å². The lowest BCUT2D eigenvalue weighted by Crippen LogP contribution is -2.42. The second kappa shape index (κ2) is 9.68. The third-order valence-electron chi connectivity index (χ3n) is 5.95. The Bertz CT molecular complexity index is 1320. The second-order valence-corrected chi connectivity index (χ2v) is 10.3. The molecule has 11 heteroatoms. The zero-order chi connectivity index (χ0) is 26.4. The van der Waals surface area contributed by atoms with E-state index >= 15 is 0 Å². The number of carbonyl (C=O) groups excluding carboxylic acids is 1. The average molecular weight is 559 g/mol. The summed E-state index contributed by atoms with van der Waals surface area (Å²) in [5.41, 5.74) is -1.22. The molecule has 4 nitrogen and oxygen atoms in total. The summed E-state index contributed by atoms with van der Waals surface area (Å²) in [6, 6.07) is 8.11. The van der Waals surface area contributed by atoms with Crippen molar-refractivity contribution in [3.8, 4) is 0 Å². The summed E-state index contributed by atoms with van der Waals surface area (Å²) in [5.74, 6) is -1.25. The van der Waals surface area contributed by atoms with Crippen molar-refractivity contribution in [2.24, 2.45) is 5.16 Å². The molecule has 0 saturated heterocycles. The largest absolute Gasteiger partial charge is 0.435 e. The van der Waals surface area contributed by atoms with Gasteiger partial charge in [-0.3, -0.25) is 4.79 Å². The first-order valence-electron chi connectivity index (χ1n) is 10.8. The minimum absolute atomic E-state index is 0.0181. The highest BCUT2D eigenvalue weighted by Gasteiger charge is 2.62. The fourth-order valence-corrected chi connectivity index (χ4v) is 5.22. The summed E-state index contributed by atoms with van der Waals surface area (Å²) in [6.45, 7) is 5.50. The molecule has 3 aromatic rings. The molecular weight excluding hydrogens is 539 g/mol. The molecule has 1 aromatic heterocycles. The number of oxime groups is 1. The van der Waals surface area contributed by atoms with Crippen molar-refractivity contribution in [3.63, 3.8) is 0 Å². The van der Waals surface area contributed by atoms with Gasteiger partial charge in [-0.1, -0.05) is 34.4 Å². The van der Waals surface area contributed by atoms with E-state index in [0.29, 0.717) is 16.7 Å². The van der Waals surface area contributed by atoms with E-state index < -0.39 is 39.6 Å². The van der Waals surface area contributed by atoms with E-state index in [1.165, 1.54) is 17.4 Å². The van der Waals surface area contributed by atoms with Gasteiger partial charge >= 0.3 is 6.18 Å². The van der Waals surface area contributed by atoms with Gasteiger partial charge in [0.25, 0.3) is 11.5 Å². The number of hydrogen-bond acceptors (Lipinski definition) is 4. The molecule has 0 saturated carbocycles. The van der Waals surface area contributed by atoms with Crippen LogP contribution in [0.4, 0.5) is 23.2 Å². The first-order valence-corrected chi connectivity index (χ1v) is 12.5. The Morgan fingerprint density at radius 3 is 2.36 bits per heavy atom. The topological polar surface area (TPSA) is 41.9 Å². The van der Waals surface area contributed by atoms with E-state index in [4.69, 9.17) is 28.0 Å². The maximum atomic E-state index is 14.3. The molecule has 2 aromatic carbocycles. The van der Waals surface area contributed by atoms with Crippen molar-refractivity contribution in [2.45, 2.75) is 45.0 Å². The van der Waals surface area contributed by atoms with Gasteiger partial charge in [-0.05, 0) is 67.6 Å². The van der Waals surface area contributed by atoms with Crippen molar-refractivity contribution >= 4 is 51.8 Å². The summed E-state index contributed by atoms with van der Waals surface area (Å²) in [4.78, 5) is 20.0. The molecule has 4 rings (SSSR count). The van der Waals surface area contributed by atoms with Crippen LogP contribution in [0.15, 0.2) is 52.3 Å². The highest BCUT2D eigenvalue weighted by Crippen LogP contribution is 2.50. The Hall–Kier alpha value is -2.62. The van der Waals surface area contributed by atoms with E-state index in [-0.39, 0.29) is 17.7 Å². The van der Waals surface area contributed by atoms with Gasteiger partial charge in [0.15, 0.2) is 5.82 Å². The summed E-state index contributed by atoms with van der Waals surface area (Å²) < 4.78 is 56.7. The molecule has 36 heavy (non-hydrogen) atoms. The number of anilines is 1. The van der Waals surface area contributed by atoms with Gasteiger partial charge in [-0.25, -0.2) is 4.39 Å². The molecule has 1 aliphatic heterocycles. The second-order valence-electron chi connectivity index (χ2n) is 8.66. The number of alkyl halides is 3. The van der Waals surface area contributed by atoms with Crippen LogP contribution in [-0.4, -0.2) is 23.8 Å². The zero-order valence-electron chi connectivity index (χ0n) is 19.3. The molecule has 190 valence electrons. The minimum Gasteiger partial charge on any atom is -0.374 e. The molecule has 0 spiro atoms. The smallest absolute Gasteiger partial charge is 0.374 e. The van der Waals surface area contributed by atoms with Crippen molar-refractivity contribution in [2.75, 3.05) is 4.90 Å². The fraction of sp³-hybridized carbons (Fsp3) is 0.280. The van der Waals surface area contributed by atoms with Crippen molar-refractivity contribution in [3.05, 3.63) is 85.3 Å². The van der Waals surface area contributed by atoms with Crippen LogP contribution in [-0.2, 0) is 10.4 Å². The summed E-state index contributed by atoms with van der Waals surface area (Å²) >= 11 is 13.0. The van der Waals surface area contributed by atoms with Gasteiger partial charge in [0, 0.05) is 29.0 Å². The van der Waals surface area contributed by atoms with Crippen LogP contribution >= 0.6 is 34.5 Å². The van der Waals surface area contributed by atoms with Crippen molar-refractivity contribution in [1.29, 1.82) is 0 Å². The van der Waals surface area contributed by atoms with Gasteiger partial charge < -0.3 is 9.74 Å². The van der Waals surface area contributed by atoms with Crippen molar-refractivity contribution in [1.82, 2.24) is 0 Å². The molecule has 2 heterocycles. The Kier molecular flexibility index (Phi) is 7.11. The lowest BCUT2D eigenvalue weighted by molar-refractivity contribution is -0.275. The standard InChI is InChI=1S/C25H20Cl2F4N2O2S/c1-13(2)33(17-6-7-36-12-17)23(34)18-5-4-15(8-14(18)3)21-11-24(35-32-21,25(29,30)31)16-9-19(26)22(28)20(27)10-16/h4-10,12-13H,11H2,1-3H3. The van der Waals surface area contributed by atoms with Crippen molar-refractivity contribution < 1.29 is 27.2 Å². The number of halogens is 6. The molecule has 1 amide bonds. The van der Waals surface area contributed by atoms with E-state index in [9.17, 15) is 22.4 Å². The van der Waals surface area contributed by atoms with Gasteiger partial charge in [-0.2, -0.15) is 24.5 Å². The van der Waals surface area contributed by atoms with Gasteiger partial charge in [0.2, 0.25) is 0 Å². The minimum atomic E-state index is -4.91. The first-order chi connectivity index (χ1) is 16.9. The third kappa shape index (κ3) is 4.60. The lowest BCUT2D eigenvalue weighted by Gasteiger charge is -2.29. The normalized spacial score (nSPS) is 17.8. The Morgan fingerprint density at radius 1 is 1.17 bits per heavy atom. The van der Waals surface area contributed by atoms with Gasteiger partial charge in [-0.15, -0.1) is 0 Å². The van der Waals surface area contributed by atoms with E-state index in [1.807, 2.05) is 30.7 Å². The summed E-state index contributed by atoms with van der Waals surface area (Å²) in [6.07, 6.45) is -5.60.